The van der Waals surface area contributed by atoms with Crippen LogP contribution in [0.1, 0.15) is 126 Å². The monoisotopic (exact) mass is 1240 g/mol. The van der Waals surface area contributed by atoms with Gasteiger partial charge in [0.1, 0.15) is 85.4 Å². The van der Waals surface area contributed by atoms with Gasteiger partial charge in [0.05, 0.1) is 25.4 Å². The minimum Gasteiger partial charge on any atom is -0.479 e. The Balaban J connectivity index is 0.842. The number of carbonyl (C=O) groups excluding carboxylic acids is 4. The van der Waals surface area contributed by atoms with Gasteiger partial charge in [0, 0.05) is 40.5 Å². The molecule has 0 aromatic heterocycles. The number of allylic oxidation sites excluding steroid dienone is 1. The van der Waals surface area contributed by atoms with E-state index >= 15 is 0 Å². The van der Waals surface area contributed by atoms with Crippen molar-refractivity contribution in [3.05, 3.63) is 11.6 Å². The third-order valence-electron chi connectivity index (χ3n) is 20.7. The highest BCUT2D eigenvalue weighted by Crippen LogP contribution is 2.67. The zero-order chi connectivity index (χ0) is 63.6. The van der Waals surface area contributed by atoms with E-state index in [-0.39, 0.29) is 24.6 Å². The first-order valence-corrected chi connectivity index (χ1v) is 31.3. The molecular formula is C60H98N4O23. The van der Waals surface area contributed by atoms with Crippen molar-refractivity contribution in [3.63, 3.8) is 0 Å². The molecule has 3 saturated carbocycles. The summed E-state index contributed by atoms with van der Waals surface area (Å²) in [6.45, 7) is 13.9. The maximum atomic E-state index is 13.8. The number of hydrogen-bond acceptors (Lipinski definition) is 22. The highest BCUT2D eigenvalue weighted by Gasteiger charge is 2.61. The molecule has 27 nitrogen and oxygen atoms in total. The first-order valence-electron chi connectivity index (χ1n) is 31.3. The third-order valence-corrected chi connectivity index (χ3v) is 20.7. The van der Waals surface area contributed by atoms with Crippen molar-refractivity contribution in [2.75, 3.05) is 33.4 Å². The zero-order valence-corrected chi connectivity index (χ0v) is 51.5. The van der Waals surface area contributed by atoms with E-state index in [1.54, 1.807) is 0 Å². The zero-order valence-electron chi connectivity index (χ0n) is 51.5. The lowest BCUT2D eigenvalue weighted by Crippen LogP contribution is -2.70. The number of carboxylic acids is 1. The average molecular weight is 1240 g/mol. The molecule has 8 rings (SSSR count). The maximum Gasteiger partial charge on any atom is 0.407 e. The molecule has 496 valence electrons. The lowest BCUT2D eigenvalue weighted by molar-refractivity contribution is -0.368. The Hall–Kier alpha value is -3.75. The molecule has 4 heterocycles. The molecule has 4 aliphatic carbocycles. The Morgan fingerprint density at radius 2 is 1.25 bits per heavy atom. The Morgan fingerprint density at radius 1 is 0.667 bits per heavy atom. The van der Waals surface area contributed by atoms with E-state index in [2.05, 4.69) is 62.0 Å². The predicted octanol–water partition coefficient (Wildman–Crippen LogP) is -0.385. The van der Waals surface area contributed by atoms with Crippen molar-refractivity contribution < 1.29 is 113 Å². The van der Waals surface area contributed by atoms with Crippen LogP contribution in [0.2, 0.25) is 0 Å². The van der Waals surface area contributed by atoms with Crippen molar-refractivity contribution in [2.45, 2.75) is 255 Å². The number of nitrogens with one attached hydrogen (secondary N) is 4. The molecular weight excluding hydrogens is 1140 g/mol. The van der Waals surface area contributed by atoms with Gasteiger partial charge in [-0.25, -0.2) is 9.59 Å². The fourth-order valence-corrected chi connectivity index (χ4v) is 16.2. The molecule has 8 aliphatic rings. The maximum absolute atomic E-state index is 13.8. The molecule has 4 amide bonds. The summed E-state index contributed by atoms with van der Waals surface area (Å²) in [6, 6.07) is -2.85. The number of alkyl carbamates (subject to hydrolysis) is 1. The number of rotatable bonds is 22. The molecule has 27 heteroatoms. The van der Waals surface area contributed by atoms with Crippen LogP contribution in [0.25, 0.3) is 0 Å². The molecule has 28 atom stereocenters. The SMILES string of the molecule is CO[C@@H]1C(C(=O)NCCNC(=O)OC2CC[C@]3(C)C(=CCC4C5CCC(C(C)CCCC(C)C)[C@]5(C)CCC43)C2)O[C@@H](O[C@@H]2C(CO)O[C@@H](O[C@@H]3C(C(=O)O)O[C@@H](O[C@@H]4C(CO)O[C@@H](C)C(NC(C)=O)[C@H]4O)C(O)[C@H]3O)C(NC(C)=O)[C@H]2O)C(O)[C@H]1O. The van der Waals surface area contributed by atoms with Crippen LogP contribution in [0, 0.1) is 46.3 Å². The van der Waals surface area contributed by atoms with Crippen molar-refractivity contribution in [1.29, 1.82) is 0 Å². The van der Waals surface area contributed by atoms with Crippen molar-refractivity contribution in [1.82, 2.24) is 21.3 Å². The highest BCUT2D eigenvalue weighted by atomic mass is 16.8. The summed E-state index contributed by atoms with van der Waals surface area (Å²) in [5, 5.41) is 109. The normalized spacial score (nSPS) is 44.0. The summed E-state index contributed by atoms with van der Waals surface area (Å²) in [6.07, 6.45) is -18.6. The van der Waals surface area contributed by atoms with E-state index in [1.807, 2.05) is 0 Å². The van der Waals surface area contributed by atoms with Gasteiger partial charge in [-0.3, -0.25) is 14.4 Å². The van der Waals surface area contributed by atoms with Gasteiger partial charge in [-0.05, 0) is 98.2 Å². The van der Waals surface area contributed by atoms with Crippen molar-refractivity contribution in [3.8, 4) is 0 Å². The number of methoxy groups -OCH3 is 1. The van der Waals surface area contributed by atoms with Crippen LogP contribution in [0.5, 0.6) is 0 Å². The first kappa shape index (κ1) is 69.1. The van der Waals surface area contributed by atoms with Crippen molar-refractivity contribution >= 4 is 29.8 Å². The predicted molar refractivity (Wildman–Crippen MR) is 303 cm³/mol. The minimum absolute atomic E-state index is 0.0642. The molecule has 0 aromatic carbocycles. The largest absolute Gasteiger partial charge is 0.479 e. The van der Waals surface area contributed by atoms with Crippen LogP contribution in [-0.4, -0.2) is 238 Å². The van der Waals surface area contributed by atoms with Crippen LogP contribution >= 0.6 is 0 Å². The summed E-state index contributed by atoms with van der Waals surface area (Å²) in [5.41, 5.74) is 1.83. The topological polar surface area (TPSA) is 399 Å². The molecule has 4 saturated heterocycles. The van der Waals surface area contributed by atoms with Crippen LogP contribution in [0.3, 0.4) is 0 Å². The lowest BCUT2D eigenvalue weighted by atomic mass is 9.47. The molecule has 87 heavy (non-hydrogen) atoms. The van der Waals surface area contributed by atoms with E-state index in [4.69, 9.17) is 42.6 Å². The lowest BCUT2D eigenvalue weighted by Gasteiger charge is -2.58. The van der Waals surface area contributed by atoms with Gasteiger partial charge in [0.25, 0.3) is 5.91 Å². The Bertz CT molecular complexity index is 2390. The van der Waals surface area contributed by atoms with E-state index in [9.17, 15) is 69.9 Å². The second kappa shape index (κ2) is 29.2. The second-order valence-corrected chi connectivity index (χ2v) is 26.7. The Kier molecular flexibility index (Phi) is 23.2. The van der Waals surface area contributed by atoms with Gasteiger partial charge in [-0.15, -0.1) is 0 Å². The van der Waals surface area contributed by atoms with Gasteiger partial charge < -0.3 is 110 Å². The fraction of sp³-hybridized carbons (Fsp3) is 0.883. The molecule has 0 bridgehead atoms. The molecule has 0 spiro atoms. The number of carbonyl (C=O) groups is 5. The quantitative estimate of drug-likeness (QED) is 0.0485. The molecule has 14 unspecified atom stereocenters. The van der Waals surface area contributed by atoms with Crippen LogP contribution in [-0.2, 0) is 61.8 Å². The second-order valence-electron chi connectivity index (χ2n) is 26.7. The smallest absolute Gasteiger partial charge is 0.407 e. The standard InChI is InChI=1S/C60H98N4O23/c1-26(2)11-10-12-27(3)34-15-16-35-33-14-13-31-23-32(17-19-59(31,7)36(33)18-20-60(34,35)8)81-58(78)62-22-21-61-53(75)51-49(79-9)43(71)45(73)56(86-51)84-48-38(25-66)82-55(40(42(48)70)64-30(6)68)85-50-44(72)46(74)57(87-52(50)54(76)77)83-47-37(24-65)80-28(4)39(41(47)69)63-29(5)67/h13,26-28,32-52,55-57,65-66,69-74H,10-12,14-25H2,1-9H3,(H,61,75)(H,62,78)(H,63,67)(H,64,68)(H,76,77)/t27?,28-,32?,33?,34?,35?,36?,37?,38?,39?,40?,41+,42+,43+,44+,45?,46?,47+,48+,49-,50-,51?,52?,55-,56+,57+,59+,60-/m0/s1. The number of aliphatic carboxylic acids is 1. The van der Waals surface area contributed by atoms with Crippen LogP contribution in [0.4, 0.5) is 4.79 Å². The molecule has 13 N–H and O–H groups in total. The average Bonchev–Trinajstić information content (AvgIpc) is 1.71. The summed E-state index contributed by atoms with van der Waals surface area (Å²) in [4.78, 5) is 64.3. The van der Waals surface area contributed by atoms with Gasteiger partial charge in [-0.2, -0.15) is 0 Å². The van der Waals surface area contributed by atoms with Gasteiger partial charge in [0.15, 0.2) is 31.1 Å². The number of hydrogen-bond donors (Lipinski definition) is 13. The first-order chi connectivity index (χ1) is 41.2. The summed E-state index contributed by atoms with van der Waals surface area (Å²) < 4.78 is 52.0. The van der Waals surface area contributed by atoms with Crippen LogP contribution < -0.4 is 21.3 Å². The van der Waals surface area contributed by atoms with Gasteiger partial charge in [-0.1, -0.05) is 65.5 Å². The minimum atomic E-state index is -2.23. The summed E-state index contributed by atoms with van der Waals surface area (Å²) >= 11 is 0. The Labute approximate surface area is 508 Å². The number of ether oxygens (including phenoxy) is 9. The number of fused-ring (bicyclic) bond motifs is 5. The number of amides is 4. The molecule has 4 aliphatic heterocycles. The molecule has 7 fully saturated rings. The van der Waals surface area contributed by atoms with E-state index in [0.29, 0.717) is 23.7 Å². The summed E-state index contributed by atoms with van der Waals surface area (Å²) in [5.74, 6) is 0.244. The highest BCUT2D eigenvalue weighted by molar-refractivity contribution is 5.82. The number of carboxylic acid groups (broad SMARTS) is 1. The van der Waals surface area contributed by atoms with Gasteiger partial charge >= 0.3 is 12.1 Å². The Morgan fingerprint density at radius 3 is 1.86 bits per heavy atom. The van der Waals surface area contributed by atoms with Crippen LogP contribution in [0.15, 0.2) is 11.6 Å². The van der Waals surface area contributed by atoms with E-state index < -0.39 is 166 Å². The van der Waals surface area contributed by atoms with Crippen molar-refractivity contribution in [2.24, 2.45) is 46.3 Å². The molecule has 0 radical (unpaired) electrons. The fourth-order valence-electron chi connectivity index (χ4n) is 16.2. The number of aliphatic hydroxyl groups excluding tert-OH is 8. The van der Waals surface area contributed by atoms with E-state index in [0.717, 1.165) is 57.0 Å². The summed E-state index contributed by atoms with van der Waals surface area (Å²) in [7, 11) is 1.16. The number of aliphatic hydroxyl groups is 8. The molecule has 0 aromatic rings. The third kappa shape index (κ3) is 14.8. The van der Waals surface area contributed by atoms with Gasteiger partial charge in [0.2, 0.25) is 11.8 Å². The van der Waals surface area contributed by atoms with E-state index in [1.165, 1.54) is 64.4 Å².